The molecule has 0 atom stereocenters. The average molecular weight is 268 g/mol. The molecule has 18 heavy (non-hydrogen) atoms. The first kappa shape index (κ1) is 12.9. The molecule has 2 rings (SSSR count). The van der Waals surface area contributed by atoms with E-state index in [1.807, 2.05) is 13.8 Å². The number of aryl methyl sites for hydroxylation is 2. The highest BCUT2D eigenvalue weighted by molar-refractivity contribution is 6.33. The number of hydrogen-bond donors (Lipinski definition) is 1. The maximum atomic E-state index is 6.07. The van der Waals surface area contributed by atoms with Crippen molar-refractivity contribution in [2.24, 2.45) is 0 Å². The van der Waals surface area contributed by atoms with Crippen LogP contribution in [0.3, 0.4) is 0 Å². The van der Waals surface area contributed by atoms with Crippen molar-refractivity contribution in [3.05, 3.63) is 16.5 Å². The Balaban J connectivity index is 2.38. The van der Waals surface area contributed by atoms with Crippen LogP contribution in [0, 0.1) is 13.8 Å². The number of nitrogens with one attached hydrogen (secondary N) is 1. The molecule has 2 heterocycles. The minimum absolute atomic E-state index is 0.301. The Morgan fingerprint density at radius 2 is 1.83 bits per heavy atom. The minimum atomic E-state index is 0.301. The van der Waals surface area contributed by atoms with Gasteiger partial charge in [-0.05, 0) is 13.8 Å². The summed E-state index contributed by atoms with van der Waals surface area (Å²) in [6, 6.07) is 0. The number of ether oxygens (including phenoxy) is 1. The Morgan fingerprint density at radius 3 is 2.56 bits per heavy atom. The molecule has 0 amide bonds. The SMILES string of the molecule is COCCNc1nc(Cl)c2nc(C)c(C)nc2n1. The maximum Gasteiger partial charge on any atom is 0.226 e. The van der Waals surface area contributed by atoms with Gasteiger partial charge >= 0.3 is 0 Å². The summed E-state index contributed by atoms with van der Waals surface area (Å²) in [6.07, 6.45) is 0. The fourth-order valence-electron chi connectivity index (χ4n) is 1.42. The second kappa shape index (κ2) is 5.41. The third-order valence-corrected chi connectivity index (χ3v) is 2.75. The van der Waals surface area contributed by atoms with Gasteiger partial charge in [-0.25, -0.2) is 9.97 Å². The third kappa shape index (κ3) is 2.65. The Morgan fingerprint density at radius 1 is 1.11 bits per heavy atom. The molecular weight excluding hydrogens is 254 g/mol. The number of aromatic nitrogens is 4. The molecule has 2 aromatic rings. The van der Waals surface area contributed by atoms with E-state index in [2.05, 4.69) is 25.3 Å². The molecule has 6 nitrogen and oxygen atoms in total. The van der Waals surface area contributed by atoms with E-state index in [9.17, 15) is 0 Å². The quantitative estimate of drug-likeness (QED) is 0.672. The van der Waals surface area contributed by atoms with E-state index in [4.69, 9.17) is 16.3 Å². The van der Waals surface area contributed by atoms with Gasteiger partial charge in [0, 0.05) is 13.7 Å². The molecule has 0 aliphatic carbocycles. The fourth-order valence-corrected chi connectivity index (χ4v) is 1.63. The standard InChI is InChI=1S/C11H14ClN5O/c1-6-7(2)15-10-8(14-6)9(12)16-11(17-10)13-4-5-18-3/h4-5H2,1-3H3,(H,13,15,16,17). The van der Waals surface area contributed by atoms with Crippen molar-refractivity contribution in [2.75, 3.05) is 25.6 Å². The first-order valence-electron chi connectivity index (χ1n) is 5.53. The Hall–Kier alpha value is -1.53. The third-order valence-electron chi connectivity index (χ3n) is 2.49. The number of nitrogens with zero attached hydrogens (tertiary/aromatic N) is 4. The molecule has 1 N–H and O–H groups in total. The Labute approximate surface area is 110 Å². The van der Waals surface area contributed by atoms with Crippen LogP contribution in [-0.4, -0.2) is 40.2 Å². The van der Waals surface area contributed by atoms with E-state index in [0.29, 0.717) is 35.4 Å². The number of halogens is 1. The molecule has 0 aliphatic rings. The highest BCUT2D eigenvalue weighted by atomic mass is 35.5. The largest absolute Gasteiger partial charge is 0.383 e. The second-order valence-electron chi connectivity index (χ2n) is 3.82. The molecule has 0 spiro atoms. The van der Waals surface area contributed by atoms with Gasteiger partial charge in [-0.1, -0.05) is 11.6 Å². The molecule has 2 aromatic heterocycles. The lowest BCUT2D eigenvalue weighted by Gasteiger charge is -2.07. The molecule has 0 fully saturated rings. The lowest BCUT2D eigenvalue weighted by Crippen LogP contribution is -2.11. The summed E-state index contributed by atoms with van der Waals surface area (Å²) in [7, 11) is 1.63. The van der Waals surface area contributed by atoms with E-state index in [0.717, 1.165) is 11.4 Å². The molecule has 0 aliphatic heterocycles. The van der Waals surface area contributed by atoms with Crippen LogP contribution in [0.15, 0.2) is 0 Å². The average Bonchev–Trinajstić information content (AvgIpc) is 2.32. The predicted molar refractivity (Wildman–Crippen MR) is 70.0 cm³/mol. The smallest absolute Gasteiger partial charge is 0.226 e. The van der Waals surface area contributed by atoms with Gasteiger partial charge in [-0.15, -0.1) is 0 Å². The Kier molecular flexibility index (Phi) is 3.88. The molecule has 0 bridgehead atoms. The number of anilines is 1. The van der Waals surface area contributed by atoms with Gasteiger partial charge in [0.25, 0.3) is 0 Å². The molecule has 96 valence electrons. The number of fused-ring (bicyclic) bond motifs is 1. The van der Waals surface area contributed by atoms with Crippen LogP contribution in [0.1, 0.15) is 11.4 Å². The summed E-state index contributed by atoms with van der Waals surface area (Å²) in [4.78, 5) is 17.1. The van der Waals surface area contributed by atoms with Crippen molar-refractivity contribution < 1.29 is 4.74 Å². The summed E-state index contributed by atoms with van der Waals surface area (Å²) in [5.74, 6) is 0.433. The van der Waals surface area contributed by atoms with Gasteiger partial charge in [-0.2, -0.15) is 9.97 Å². The van der Waals surface area contributed by atoms with Gasteiger partial charge in [0.2, 0.25) is 5.95 Å². The summed E-state index contributed by atoms with van der Waals surface area (Å²) < 4.78 is 4.94. The van der Waals surface area contributed by atoms with Gasteiger partial charge in [0.05, 0.1) is 18.0 Å². The van der Waals surface area contributed by atoms with Crippen molar-refractivity contribution >= 4 is 28.7 Å². The van der Waals surface area contributed by atoms with Gasteiger partial charge < -0.3 is 10.1 Å². The molecule has 0 aromatic carbocycles. The van der Waals surface area contributed by atoms with Crippen molar-refractivity contribution in [3.8, 4) is 0 Å². The van der Waals surface area contributed by atoms with Crippen molar-refractivity contribution in [3.63, 3.8) is 0 Å². The van der Waals surface area contributed by atoms with Crippen LogP contribution in [0.4, 0.5) is 5.95 Å². The first-order valence-corrected chi connectivity index (χ1v) is 5.91. The molecular formula is C11H14ClN5O. The van der Waals surface area contributed by atoms with Crippen LogP contribution in [0.5, 0.6) is 0 Å². The zero-order valence-corrected chi connectivity index (χ0v) is 11.2. The summed E-state index contributed by atoms with van der Waals surface area (Å²) in [5.41, 5.74) is 2.68. The lowest BCUT2D eigenvalue weighted by atomic mass is 10.3. The monoisotopic (exact) mass is 267 g/mol. The van der Waals surface area contributed by atoms with Gasteiger partial charge in [0.1, 0.15) is 5.52 Å². The normalized spacial score (nSPS) is 10.9. The summed E-state index contributed by atoms with van der Waals surface area (Å²) >= 11 is 6.07. The van der Waals surface area contributed by atoms with Crippen LogP contribution >= 0.6 is 11.6 Å². The van der Waals surface area contributed by atoms with Crippen molar-refractivity contribution in [1.82, 2.24) is 19.9 Å². The Bertz CT molecular complexity index is 575. The predicted octanol–water partition coefficient (Wildman–Crippen LogP) is 1.75. The molecule has 0 unspecified atom stereocenters. The summed E-state index contributed by atoms with van der Waals surface area (Å²) in [6.45, 7) is 4.94. The topological polar surface area (TPSA) is 72.8 Å². The van der Waals surface area contributed by atoms with Crippen LogP contribution in [0.25, 0.3) is 11.2 Å². The van der Waals surface area contributed by atoms with Crippen molar-refractivity contribution in [1.29, 1.82) is 0 Å². The van der Waals surface area contributed by atoms with E-state index in [-0.39, 0.29) is 0 Å². The zero-order chi connectivity index (χ0) is 13.1. The fraction of sp³-hybridized carbons (Fsp3) is 0.455. The molecule has 0 saturated carbocycles. The van der Waals surface area contributed by atoms with Gasteiger partial charge in [-0.3, -0.25) is 0 Å². The zero-order valence-electron chi connectivity index (χ0n) is 10.5. The molecule has 0 saturated heterocycles. The number of methoxy groups -OCH3 is 1. The molecule has 7 heteroatoms. The van der Waals surface area contributed by atoms with Crippen LogP contribution in [0.2, 0.25) is 5.15 Å². The lowest BCUT2D eigenvalue weighted by molar-refractivity contribution is 0.210. The van der Waals surface area contributed by atoms with E-state index in [1.165, 1.54) is 0 Å². The van der Waals surface area contributed by atoms with Crippen molar-refractivity contribution in [2.45, 2.75) is 13.8 Å². The van der Waals surface area contributed by atoms with E-state index in [1.54, 1.807) is 7.11 Å². The van der Waals surface area contributed by atoms with E-state index < -0.39 is 0 Å². The minimum Gasteiger partial charge on any atom is -0.383 e. The molecule has 0 radical (unpaired) electrons. The maximum absolute atomic E-state index is 6.07. The number of hydrogen-bond acceptors (Lipinski definition) is 6. The summed E-state index contributed by atoms with van der Waals surface area (Å²) in [5, 5.41) is 3.31. The number of rotatable bonds is 4. The van der Waals surface area contributed by atoms with Gasteiger partial charge in [0.15, 0.2) is 10.8 Å². The second-order valence-corrected chi connectivity index (χ2v) is 4.18. The van der Waals surface area contributed by atoms with E-state index >= 15 is 0 Å². The highest BCUT2D eigenvalue weighted by Crippen LogP contribution is 2.19. The first-order chi connectivity index (χ1) is 8.61. The van der Waals surface area contributed by atoms with Crippen LogP contribution in [-0.2, 0) is 4.74 Å². The highest BCUT2D eigenvalue weighted by Gasteiger charge is 2.10. The van der Waals surface area contributed by atoms with Crippen LogP contribution < -0.4 is 5.32 Å².